The first-order valence-corrected chi connectivity index (χ1v) is 4.72. The molecule has 1 aromatic rings. The first-order chi connectivity index (χ1) is 6.74. The Bertz CT molecular complexity index is 287. The molecule has 0 bridgehead atoms. The van der Waals surface area contributed by atoms with Crippen molar-refractivity contribution in [2.24, 2.45) is 0 Å². The van der Waals surface area contributed by atoms with Gasteiger partial charge in [-0.15, -0.1) is 0 Å². The second-order valence-corrected chi connectivity index (χ2v) is 3.21. The first-order valence-electron chi connectivity index (χ1n) is 4.72. The predicted octanol–water partition coefficient (Wildman–Crippen LogP) is 1.99. The number of methoxy groups -OCH3 is 1. The third-order valence-electron chi connectivity index (χ3n) is 2.00. The average molecular weight is 195 g/mol. The lowest BCUT2D eigenvalue weighted by Gasteiger charge is -2.07. The van der Waals surface area contributed by atoms with E-state index in [-0.39, 0.29) is 0 Å². The van der Waals surface area contributed by atoms with Gasteiger partial charge in [0.15, 0.2) is 0 Å². The van der Waals surface area contributed by atoms with E-state index in [9.17, 15) is 0 Å². The van der Waals surface area contributed by atoms with Crippen LogP contribution in [0.4, 0.5) is 5.69 Å². The molecule has 0 aliphatic heterocycles. The van der Waals surface area contributed by atoms with Crippen molar-refractivity contribution in [3.63, 3.8) is 0 Å². The number of aryl methyl sites for hydroxylation is 1. The molecule has 0 amide bonds. The van der Waals surface area contributed by atoms with Gasteiger partial charge in [-0.25, -0.2) is 0 Å². The lowest BCUT2D eigenvalue weighted by atomic mass is 10.2. The molecule has 0 fully saturated rings. The van der Waals surface area contributed by atoms with Gasteiger partial charge in [-0.1, -0.05) is 0 Å². The van der Waals surface area contributed by atoms with E-state index in [2.05, 4.69) is 0 Å². The molecule has 0 unspecified atom stereocenters. The fraction of sp³-hybridized carbons (Fsp3) is 0.455. The van der Waals surface area contributed by atoms with Crippen LogP contribution in [0.15, 0.2) is 18.2 Å². The molecule has 0 aliphatic rings. The van der Waals surface area contributed by atoms with Crippen molar-refractivity contribution in [1.82, 2.24) is 0 Å². The highest BCUT2D eigenvalue weighted by atomic mass is 16.5. The summed E-state index contributed by atoms with van der Waals surface area (Å²) in [5, 5.41) is 0. The fourth-order valence-electron chi connectivity index (χ4n) is 1.13. The van der Waals surface area contributed by atoms with E-state index < -0.39 is 0 Å². The van der Waals surface area contributed by atoms with Gasteiger partial charge in [-0.2, -0.15) is 0 Å². The third-order valence-corrected chi connectivity index (χ3v) is 2.00. The summed E-state index contributed by atoms with van der Waals surface area (Å²) in [6, 6.07) is 5.69. The van der Waals surface area contributed by atoms with Gasteiger partial charge in [0.1, 0.15) is 5.75 Å². The third kappa shape index (κ3) is 3.26. The first kappa shape index (κ1) is 10.9. The number of nitrogens with two attached hydrogens (primary N) is 1. The van der Waals surface area contributed by atoms with Gasteiger partial charge in [0.05, 0.1) is 6.61 Å². The van der Waals surface area contributed by atoms with Crippen LogP contribution in [-0.4, -0.2) is 20.3 Å². The summed E-state index contributed by atoms with van der Waals surface area (Å²) < 4.78 is 10.4. The van der Waals surface area contributed by atoms with Gasteiger partial charge in [0, 0.05) is 25.8 Å². The molecule has 78 valence electrons. The highest BCUT2D eigenvalue weighted by Crippen LogP contribution is 2.18. The summed E-state index contributed by atoms with van der Waals surface area (Å²) in [5.41, 5.74) is 7.54. The maximum atomic E-state index is 5.69. The van der Waals surface area contributed by atoms with Crippen LogP contribution in [0.1, 0.15) is 12.0 Å². The molecular weight excluding hydrogens is 178 g/mol. The smallest absolute Gasteiger partial charge is 0.119 e. The minimum atomic E-state index is 0.678. The quantitative estimate of drug-likeness (QED) is 0.577. The van der Waals surface area contributed by atoms with Gasteiger partial charge in [0.2, 0.25) is 0 Å². The number of hydrogen-bond acceptors (Lipinski definition) is 3. The number of nitrogen functional groups attached to an aromatic ring is 1. The van der Waals surface area contributed by atoms with Crippen molar-refractivity contribution in [3.05, 3.63) is 23.8 Å². The summed E-state index contributed by atoms with van der Waals surface area (Å²) >= 11 is 0. The molecule has 3 nitrogen and oxygen atoms in total. The molecule has 3 heteroatoms. The number of rotatable bonds is 5. The summed E-state index contributed by atoms with van der Waals surface area (Å²) in [5.74, 6) is 0.868. The molecule has 0 spiro atoms. The second-order valence-electron chi connectivity index (χ2n) is 3.21. The van der Waals surface area contributed by atoms with Crippen molar-refractivity contribution in [2.75, 3.05) is 26.1 Å². The van der Waals surface area contributed by atoms with Crippen LogP contribution in [0, 0.1) is 6.92 Å². The number of ether oxygens (including phenoxy) is 2. The molecule has 0 saturated carbocycles. The van der Waals surface area contributed by atoms with Gasteiger partial charge in [0.25, 0.3) is 0 Å². The summed E-state index contributed by atoms with van der Waals surface area (Å²) in [4.78, 5) is 0. The molecule has 2 N–H and O–H groups in total. The number of benzene rings is 1. The van der Waals surface area contributed by atoms with E-state index in [1.54, 1.807) is 7.11 Å². The van der Waals surface area contributed by atoms with Crippen LogP contribution in [0.25, 0.3) is 0 Å². The topological polar surface area (TPSA) is 44.5 Å². The van der Waals surface area contributed by atoms with Crippen molar-refractivity contribution in [1.29, 1.82) is 0 Å². The minimum Gasteiger partial charge on any atom is -0.493 e. The second kappa shape index (κ2) is 5.50. The Balaban J connectivity index is 2.39. The van der Waals surface area contributed by atoms with Crippen molar-refractivity contribution in [2.45, 2.75) is 13.3 Å². The summed E-state index contributed by atoms with van der Waals surface area (Å²) in [6.07, 6.45) is 0.903. The molecule has 1 aromatic carbocycles. The highest BCUT2D eigenvalue weighted by Gasteiger charge is 1.97. The zero-order chi connectivity index (χ0) is 10.4. The lowest BCUT2D eigenvalue weighted by Crippen LogP contribution is -2.01. The standard InChI is InChI=1S/C11H17NO2/c1-9-8-10(4-5-11(9)12)14-7-3-6-13-2/h4-5,8H,3,6-7,12H2,1-2H3. The van der Waals surface area contributed by atoms with Crippen molar-refractivity contribution >= 4 is 5.69 Å². The molecule has 14 heavy (non-hydrogen) atoms. The van der Waals surface area contributed by atoms with Gasteiger partial charge >= 0.3 is 0 Å². The van der Waals surface area contributed by atoms with E-state index in [1.807, 2.05) is 25.1 Å². The van der Waals surface area contributed by atoms with Crippen molar-refractivity contribution in [3.8, 4) is 5.75 Å². The SMILES string of the molecule is COCCCOc1ccc(N)c(C)c1. The molecule has 0 atom stereocenters. The average Bonchev–Trinajstić information content (AvgIpc) is 2.18. The Morgan fingerprint density at radius 3 is 2.71 bits per heavy atom. The molecule has 1 rings (SSSR count). The Morgan fingerprint density at radius 1 is 1.29 bits per heavy atom. The molecule has 0 heterocycles. The maximum absolute atomic E-state index is 5.69. The van der Waals surface area contributed by atoms with Gasteiger partial charge in [-0.3, -0.25) is 0 Å². The molecule has 0 aromatic heterocycles. The molecule has 0 radical (unpaired) electrons. The Labute approximate surface area is 84.8 Å². The molecular formula is C11H17NO2. The zero-order valence-electron chi connectivity index (χ0n) is 8.75. The largest absolute Gasteiger partial charge is 0.493 e. The monoisotopic (exact) mass is 195 g/mol. The van der Waals surface area contributed by atoms with Crippen LogP contribution < -0.4 is 10.5 Å². The maximum Gasteiger partial charge on any atom is 0.119 e. The molecule has 0 aliphatic carbocycles. The normalized spacial score (nSPS) is 10.1. The lowest BCUT2D eigenvalue weighted by molar-refractivity contribution is 0.172. The van der Waals surface area contributed by atoms with E-state index in [0.717, 1.165) is 30.0 Å². The van der Waals surface area contributed by atoms with E-state index in [0.29, 0.717) is 6.61 Å². The summed E-state index contributed by atoms with van der Waals surface area (Å²) in [6.45, 7) is 3.38. The van der Waals surface area contributed by atoms with Crippen LogP contribution in [-0.2, 0) is 4.74 Å². The van der Waals surface area contributed by atoms with Gasteiger partial charge < -0.3 is 15.2 Å². The Morgan fingerprint density at radius 2 is 2.07 bits per heavy atom. The Kier molecular flexibility index (Phi) is 4.26. The summed E-state index contributed by atoms with van der Waals surface area (Å²) in [7, 11) is 1.69. The number of hydrogen-bond donors (Lipinski definition) is 1. The fourth-order valence-corrected chi connectivity index (χ4v) is 1.13. The predicted molar refractivity (Wildman–Crippen MR) is 57.6 cm³/mol. The number of anilines is 1. The van der Waals surface area contributed by atoms with E-state index in [4.69, 9.17) is 15.2 Å². The van der Waals surface area contributed by atoms with Gasteiger partial charge in [-0.05, 0) is 30.7 Å². The van der Waals surface area contributed by atoms with Crippen LogP contribution in [0.3, 0.4) is 0 Å². The minimum absolute atomic E-state index is 0.678. The van der Waals surface area contributed by atoms with Crippen LogP contribution in [0.2, 0.25) is 0 Å². The zero-order valence-corrected chi connectivity index (χ0v) is 8.75. The highest BCUT2D eigenvalue weighted by molar-refractivity contribution is 5.49. The molecule has 0 saturated heterocycles. The van der Waals surface area contributed by atoms with Crippen molar-refractivity contribution < 1.29 is 9.47 Å². The van der Waals surface area contributed by atoms with E-state index >= 15 is 0 Å². The van der Waals surface area contributed by atoms with Crippen LogP contribution in [0.5, 0.6) is 5.75 Å². The van der Waals surface area contributed by atoms with Crippen LogP contribution >= 0.6 is 0 Å². The Hall–Kier alpha value is -1.22. The van der Waals surface area contributed by atoms with E-state index in [1.165, 1.54) is 0 Å².